The van der Waals surface area contributed by atoms with Gasteiger partial charge in [-0.15, -0.1) is 11.8 Å². The molecule has 0 aliphatic heterocycles. The summed E-state index contributed by atoms with van der Waals surface area (Å²) in [5, 5.41) is 2.96. The van der Waals surface area contributed by atoms with Crippen molar-refractivity contribution in [2.45, 2.75) is 58.9 Å². The predicted molar refractivity (Wildman–Crippen MR) is 126 cm³/mol. The Hall–Kier alpha value is -2.27. The highest BCUT2D eigenvalue weighted by atomic mass is 32.2. The lowest BCUT2D eigenvalue weighted by Crippen LogP contribution is -2.49. The predicted octanol–water partition coefficient (Wildman–Crippen LogP) is 4.87. The Morgan fingerprint density at radius 2 is 1.73 bits per heavy atom. The summed E-state index contributed by atoms with van der Waals surface area (Å²) in [4.78, 5) is 27.7. The molecule has 0 aliphatic rings. The van der Waals surface area contributed by atoms with Crippen LogP contribution in [-0.2, 0) is 21.9 Å². The zero-order valence-corrected chi connectivity index (χ0v) is 19.4. The second kappa shape index (κ2) is 12.4. The maximum Gasteiger partial charge on any atom is 0.242 e. The number of rotatable bonds is 11. The van der Waals surface area contributed by atoms with Crippen LogP contribution in [0.2, 0.25) is 0 Å². The molecule has 1 N–H and O–H groups in total. The fourth-order valence-electron chi connectivity index (χ4n) is 3.28. The van der Waals surface area contributed by atoms with Gasteiger partial charge in [-0.3, -0.25) is 9.59 Å². The van der Waals surface area contributed by atoms with Crippen molar-refractivity contribution < 1.29 is 9.59 Å². The molecule has 0 bridgehead atoms. The molecule has 162 valence electrons. The van der Waals surface area contributed by atoms with Gasteiger partial charge in [-0.25, -0.2) is 0 Å². The average molecular weight is 427 g/mol. The summed E-state index contributed by atoms with van der Waals surface area (Å²) in [5.74, 6) is 1.09. The van der Waals surface area contributed by atoms with E-state index in [0.717, 1.165) is 17.7 Å². The van der Waals surface area contributed by atoms with Crippen molar-refractivity contribution in [2.24, 2.45) is 0 Å². The van der Waals surface area contributed by atoms with Gasteiger partial charge in [0.25, 0.3) is 0 Å². The Balaban J connectivity index is 2.11. The summed E-state index contributed by atoms with van der Waals surface area (Å²) in [5.41, 5.74) is 4.70. The number of thioether (sulfide) groups is 1. The standard InChI is InChI=1S/C25H34N2O2S/c1-5-15-26-25(29)23(6-2)27(16-21-13-11-19(3)12-14-21)24(28)18-30-17-22-10-8-7-9-20(22)4/h7-14,23H,5-6,15-18H2,1-4H3,(H,26,29)/t23-/m0/s1. The van der Waals surface area contributed by atoms with Gasteiger partial charge in [-0.05, 0) is 43.4 Å². The molecule has 0 unspecified atom stereocenters. The lowest BCUT2D eigenvalue weighted by atomic mass is 10.1. The van der Waals surface area contributed by atoms with Crippen molar-refractivity contribution in [2.75, 3.05) is 12.3 Å². The molecule has 0 heterocycles. The molecule has 30 heavy (non-hydrogen) atoms. The summed E-state index contributed by atoms with van der Waals surface area (Å²) in [7, 11) is 0. The van der Waals surface area contributed by atoms with Gasteiger partial charge in [0.1, 0.15) is 6.04 Å². The minimum atomic E-state index is -0.454. The van der Waals surface area contributed by atoms with Gasteiger partial charge in [0.15, 0.2) is 0 Å². The fourth-order valence-corrected chi connectivity index (χ4v) is 4.27. The normalized spacial score (nSPS) is 11.7. The molecule has 5 heteroatoms. The van der Waals surface area contributed by atoms with Crippen LogP contribution in [0, 0.1) is 13.8 Å². The molecular formula is C25H34N2O2S. The highest BCUT2D eigenvalue weighted by Gasteiger charge is 2.28. The van der Waals surface area contributed by atoms with Crippen LogP contribution in [0.3, 0.4) is 0 Å². The Kier molecular flexibility index (Phi) is 9.95. The van der Waals surface area contributed by atoms with Crippen molar-refractivity contribution >= 4 is 23.6 Å². The number of nitrogens with one attached hydrogen (secondary N) is 1. The average Bonchev–Trinajstić information content (AvgIpc) is 2.74. The first-order chi connectivity index (χ1) is 14.5. The highest BCUT2D eigenvalue weighted by molar-refractivity contribution is 7.99. The van der Waals surface area contributed by atoms with Crippen molar-refractivity contribution in [3.05, 3.63) is 70.8 Å². The molecule has 2 aromatic rings. The van der Waals surface area contributed by atoms with E-state index >= 15 is 0 Å². The van der Waals surface area contributed by atoms with E-state index in [-0.39, 0.29) is 11.8 Å². The minimum Gasteiger partial charge on any atom is -0.354 e. The number of benzene rings is 2. The molecule has 0 radical (unpaired) electrons. The molecule has 0 saturated carbocycles. The van der Waals surface area contributed by atoms with Crippen molar-refractivity contribution in [1.82, 2.24) is 10.2 Å². The summed E-state index contributed by atoms with van der Waals surface area (Å²) >= 11 is 1.60. The number of hydrogen-bond acceptors (Lipinski definition) is 3. The lowest BCUT2D eigenvalue weighted by Gasteiger charge is -2.30. The van der Waals surface area contributed by atoms with Crippen LogP contribution < -0.4 is 5.32 Å². The van der Waals surface area contributed by atoms with Crippen LogP contribution in [0.5, 0.6) is 0 Å². The molecule has 0 spiro atoms. The Morgan fingerprint density at radius 1 is 1.03 bits per heavy atom. The van der Waals surface area contributed by atoms with Gasteiger partial charge in [-0.1, -0.05) is 67.9 Å². The molecule has 4 nitrogen and oxygen atoms in total. The highest BCUT2D eigenvalue weighted by Crippen LogP contribution is 2.19. The Labute approximate surface area is 185 Å². The SMILES string of the molecule is CCCNC(=O)[C@H](CC)N(Cc1ccc(C)cc1)C(=O)CSCc1ccccc1C. The van der Waals surface area contributed by atoms with E-state index in [2.05, 4.69) is 24.4 Å². The van der Waals surface area contributed by atoms with Gasteiger partial charge in [0, 0.05) is 18.8 Å². The first-order valence-corrected chi connectivity index (χ1v) is 11.9. The van der Waals surface area contributed by atoms with Gasteiger partial charge in [0.2, 0.25) is 11.8 Å². The van der Waals surface area contributed by atoms with Crippen LogP contribution in [0.25, 0.3) is 0 Å². The zero-order valence-electron chi connectivity index (χ0n) is 18.6. The number of nitrogens with zero attached hydrogens (tertiary/aromatic N) is 1. The molecule has 2 aromatic carbocycles. The number of carbonyl (C=O) groups excluding carboxylic acids is 2. The van der Waals surface area contributed by atoms with E-state index in [1.54, 1.807) is 16.7 Å². The number of hydrogen-bond donors (Lipinski definition) is 1. The molecule has 2 amide bonds. The summed E-state index contributed by atoms with van der Waals surface area (Å²) in [6, 6.07) is 15.9. The Bertz CT molecular complexity index is 820. The quantitative estimate of drug-likeness (QED) is 0.558. The van der Waals surface area contributed by atoms with E-state index in [9.17, 15) is 9.59 Å². The number of carbonyl (C=O) groups is 2. The van der Waals surface area contributed by atoms with Crippen molar-refractivity contribution in [3.63, 3.8) is 0 Å². The third-order valence-electron chi connectivity index (χ3n) is 5.15. The maximum absolute atomic E-state index is 13.2. The molecule has 2 rings (SSSR count). The van der Waals surface area contributed by atoms with E-state index in [4.69, 9.17) is 0 Å². The van der Waals surface area contributed by atoms with Gasteiger partial charge in [-0.2, -0.15) is 0 Å². The number of amides is 2. The minimum absolute atomic E-state index is 0.00709. The maximum atomic E-state index is 13.2. The van der Waals surface area contributed by atoms with Crippen LogP contribution in [0.15, 0.2) is 48.5 Å². The summed E-state index contributed by atoms with van der Waals surface area (Å²) in [6.07, 6.45) is 1.47. The van der Waals surface area contributed by atoms with E-state index in [0.29, 0.717) is 25.3 Å². The topological polar surface area (TPSA) is 49.4 Å². The van der Waals surface area contributed by atoms with Crippen LogP contribution in [0.1, 0.15) is 48.9 Å². The molecule has 0 saturated heterocycles. The van der Waals surface area contributed by atoms with Crippen LogP contribution in [0.4, 0.5) is 0 Å². The van der Waals surface area contributed by atoms with Gasteiger partial charge < -0.3 is 10.2 Å². The smallest absolute Gasteiger partial charge is 0.242 e. The Morgan fingerprint density at radius 3 is 2.37 bits per heavy atom. The van der Waals surface area contributed by atoms with Gasteiger partial charge >= 0.3 is 0 Å². The summed E-state index contributed by atoms with van der Waals surface area (Å²) < 4.78 is 0. The van der Waals surface area contributed by atoms with Crippen molar-refractivity contribution in [1.29, 1.82) is 0 Å². The molecular weight excluding hydrogens is 392 g/mol. The fraction of sp³-hybridized carbons (Fsp3) is 0.440. The van der Waals surface area contributed by atoms with E-state index in [1.165, 1.54) is 16.7 Å². The second-order valence-electron chi connectivity index (χ2n) is 7.64. The zero-order chi connectivity index (χ0) is 21.9. The molecule has 1 atom stereocenters. The lowest BCUT2D eigenvalue weighted by molar-refractivity contribution is -0.139. The second-order valence-corrected chi connectivity index (χ2v) is 8.63. The molecule has 0 fully saturated rings. The summed E-state index contributed by atoms with van der Waals surface area (Å²) in [6.45, 7) is 9.20. The third kappa shape index (κ3) is 7.21. The van der Waals surface area contributed by atoms with Gasteiger partial charge in [0.05, 0.1) is 5.75 Å². The van der Waals surface area contributed by atoms with E-state index < -0.39 is 6.04 Å². The van der Waals surface area contributed by atoms with E-state index in [1.807, 2.05) is 57.2 Å². The molecule has 0 aromatic heterocycles. The van der Waals surface area contributed by atoms with Crippen LogP contribution in [-0.4, -0.2) is 35.1 Å². The van der Waals surface area contributed by atoms with Crippen molar-refractivity contribution in [3.8, 4) is 0 Å². The third-order valence-corrected chi connectivity index (χ3v) is 6.12. The monoisotopic (exact) mass is 426 g/mol. The number of aryl methyl sites for hydroxylation is 2. The first-order valence-electron chi connectivity index (χ1n) is 10.7. The largest absolute Gasteiger partial charge is 0.354 e. The first kappa shape index (κ1) is 24.0. The van der Waals surface area contributed by atoms with Crippen LogP contribution >= 0.6 is 11.8 Å². The molecule has 0 aliphatic carbocycles.